The number of fused-ring (bicyclic) bond motifs is 2. The van der Waals surface area contributed by atoms with Gasteiger partial charge in [0.05, 0.1) is 4.58 Å². The fourth-order valence-electron chi connectivity index (χ4n) is 1.89. The van der Waals surface area contributed by atoms with E-state index < -0.39 is 0 Å². The minimum Gasteiger partial charge on any atom is -0.151 e. The number of hydrogen-bond acceptors (Lipinski definition) is 2. The van der Waals surface area contributed by atoms with Crippen molar-refractivity contribution in [1.29, 1.82) is 0 Å². The molecule has 0 radical (unpaired) electrons. The van der Waals surface area contributed by atoms with Crippen molar-refractivity contribution >= 4 is 23.5 Å². The monoisotopic (exact) mass is 160 g/mol. The Morgan fingerprint density at radius 2 is 2.33 bits per heavy atom. The van der Waals surface area contributed by atoms with Crippen LogP contribution in [0.5, 0.6) is 0 Å². The molecule has 9 heavy (non-hydrogen) atoms. The highest BCUT2D eigenvalue weighted by Gasteiger charge is 2.39. The lowest BCUT2D eigenvalue weighted by Crippen LogP contribution is -2.06. The van der Waals surface area contributed by atoms with E-state index in [1.54, 1.807) is 0 Å². The average Bonchev–Trinajstić information content (AvgIpc) is 2.45. The first-order valence-corrected chi connectivity index (χ1v) is 5.81. The third-order valence-corrected chi connectivity index (χ3v) is 5.60. The van der Waals surface area contributed by atoms with Gasteiger partial charge in [0.25, 0.3) is 0 Å². The van der Waals surface area contributed by atoms with Crippen LogP contribution in [0.25, 0.3) is 0 Å². The zero-order chi connectivity index (χ0) is 6.27. The lowest BCUT2D eigenvalue weighted by atomic mass is 10.1. The van der Waals surface area contributed by atoms with Crippen LogP contribution in [0.4, 0.5) is 0 Å². The molecular formula is C7H12S2. The summed E-state index contributed by atoms with van der Waals surface area (Å²) in [6.45, 7) is 0. The molecule has 0 aromatic carbocycles. The molecular weight excluding hydrogens is 148 g/mol. The third kappa shape index (κ3) is 1.01. The van der Waals surface area contributed by atoms with E-state index in [-0.39, 0.29) is 0 Å². The second kappa shape index (κ2) is 2.39. The van der Waals surface area contributed by atoms with Gasteiger partial charge in [-0.3, -0.25) is 0 Å². The van der Waals surface area contributed by atoms with Gasteiger partial charge in [0.2, 0.25) is 0 Å². The molecule has 1 saturated heterocycles. The van der Waals surface area contributed by atoms with E-state index >= 15 is 0 Å². The lowest BCUT2D eigenvalue weighted by Gasteiger charge is -2.17. The van der Waals surface area contributed by atoms with E-state index in [0.717, 1.165) is 15.7 Å². The Balaban J connectivity index is 2.01. The summed E-state index contributed by atoms with van der Waals surface area (Å²) in [4.78, 5) is 0. The van der Waals surface area contributed by atoms with Crippen LogP contribution >= 0.6 is 23.5 Å². The van der Waals surface area contributed by atoms with Gasteiger partial charge in [-0.05, 0) is 31.4 Å². The van der Waals surface area contributed by atoms with Crippen LogP contribution in [-0.4, -0.2) is 16.1 Å². The van der Waals surface area contributed by atoms with Crippen molar-refractivity contribution in [3.05, 3.63) is 0 Å². The molecule has 1 heterocycles. The van der Waals surface area contributed by atoms with Gasteiger partial charge in [0, 0.05) is 5.25 Å². The van der Waals surface area contributed by atoms with Crippen LogP contribution < -0.4 is 0 Å². The van der Waals surface area contributed by atoms with Gasteiger partial charge in [0.15, 0.2) is 0 Å². The summed E-state index contributed by atoms with van der Waals surface area (Å²) in [6.07, 6.45) is 6.80. The number of rotatable bonds is 1. The van der Waals surface area contributed by atoms with Gasteiger partial charge in [-0.2, -0.15) is 11.8 Å². The van der Waals surface area contributed by atoms with E-state index in [9.17, 15) is 0 Å². The topological polar surface area (TPSA) is 0 Å². The van der Waals surface area contributed by atoms with Crippen LogP contribution in [0, 0.1) is 5.92 Å². The highest BCUT2D eigenvalue weighted by atomic mass is 32.2. The normalized spacial score (nSPS) is 48.3. The highest BCUT2D eigenvalue weighted by molar-refractivity contribution is 8.17. The first kappa shape index (κ1) is 6.41. The molecule has 0 aromatic rings. The molecule has 2 fully saturated rings. The predicted octanol–water partition coefficient (Wildman–Crippen LogP) is 2.59. The summed E-state index contributed by atoms with van der Waals surface area (Å²) < 4.78 is 0.962. The Morgan fingerprint density at radius 3 is 2.67 bits per heavy atom. The fraction of sp³-hybridized carbons (Fsp3) is 1.00. The molecule has 0 nitrogen and oxygen atoms in total. The van der Waals surface area contributed by atoms with Crippen molar-refractivity contribution in [3.8, 4) is 0 Å². The van der Waals surface area contributed by atoms with Crippen LogP contribution in [-0.2, 0) is 0 Å². The first-order valence-electron chi connectivity index (χ1n) is 3.58. The molecule has 2 heteroatoms. The van der Waals surface area contributed by atoms with Crippen molar-refractivity contribution in [2.45, 2.75) is 29.1 Å². The van der Waals surface area contributed by atoms with Crippen LogP contribution in [0.1, 0.15) is 19.3 Å². The molecule has 1 unspecified atom stereocenters. The summed E-state index contributed by atoms with van der Waals surface area (Å²) in [6, 6.07) is 0. The quantitative estimate of drug-likeness (QED) is 0.578. The van der Waals surface area contributed by atoms with E-state index in [4.69, 9.17) is 0 Å². The van der Waals surface area contributed by atoms with Crippen molar-refractivity contribution in [2.75, 3.05) is 6.26 Å². The molecule has 1 aliphatic carbocycles. The van der Waals surface area contributed by atoms with Crippen molar-refractivity contribution in [2.24, 2.45) is 5.92 Å². The van der Waals surface area contributed by atoms with E-state index in [2.05, 4.69) is 29.8 Å². The summed E-state index contributed by atoms with van der Waals surface area (Å²) >= 11 is 4.28. The zero-order valence-corrected chi connectivity index (χ0v) is 7.30. The Hall–Kier alpha value is 0.700. The van der Waals surface area contributed by atoms with Gasteiger partial charge in [0.1, 0.15) is 0 Å². The highest BCUT2D eigenvalue weighted by Crippen LogP contribution is 2.52. The lowest BCUT2D eigenvalue weighted by molar-refractivity contribution is 0.615. The van der Waals surface area contributed by atoms with Crippen LogP contribution in [0.2, 0.25) is 0 Å². The molecule has 0 spiro atoms. The Labute approximate surface area is 65.2 Å². The molecule has 2 aliphatic rings. The van der Waals surface area contributed by atoms with E-state index in [1.807, 2.05) is 0 Å². The first-order chi connectivity index (χ1) is 4.40. The van der Waals surface area contributed by atoms with Crippen LogP contribution in [0.3, 0.4) is 0 Å². The average molecular weight is 160 g/mol. The standard InChI is InChI=1S/C7H12S2/c1-8-7-5-2-3-6(4-5)9-7/h5-7H,2-4H2,1H3/t5-,6+,7?/m1/s1. The SMILES string of the molecule is CSC1S[C@H]2CC[C@@H]1C2. The Morgan fingerprint density at radius 1 is 1.44 bits per heavy atom. The summed E-state index contributed by atoms with van der Waals surface area (Å²) in [5, 5.41) is 1.05. The second-order valence-corrected chi connectivity index (χ2v) is 5.66. The summed E-state index contributed by atoms with van der Waals surface area (Å²) in [5.41, 5.74) is 0. The van der Waals surface area contributed by atoms with Crippen molar-refractivity contribution in [3.63, 3.8) is 0 Å². The molecule has 1 aliphatic heterocycles. The Kier molecular flexibility index (Phi) is 1.70. The summed E-state index contributed by atoms with van der Waals surface area (Å²) in [7, 11) is 0. The molecule has 2 rings (SSSR count). The minimum absolute atomic E-state index is 0.962. The van der Waals surface area contributed by atoms with E-state index in [0.29, 0.717) is 0 Å². The van der Waals surface area contributed by atoms with Gasteiger partial charge in [-0.25, -0.2) is 0 Å². The van der Waals surface area contributed by atoms with Crippen molar-refractivity contribution < 1.29 is 0 Å². The molecule has 3 atom stereocenters. The second-order valence-electron chi connectivity index (χ2n) is 2.94. The third-order valence-electron chi connectivity index (χ3n) is 2.37. The fourth-order valence-corrected chi connectivity index (χ4v) is 4.92. The molecule has 1 saturated carbocycles. The van der Waals surface area contributed by atoms with Gasteiger partial charge in [-0.15, -0.1) is 11.8 Å². The maximum atomic E-state index is 2.25. The molecule has 0 amide bonds. The van der Waals surface area contributed by atoms with Gasteiger partial charge in [-0.1, -0.05) is 0 Å². The van der Waals surface area contributed by atoms with Gasteiger partial charge < -0.3 is 0 Å². The largest absolute Gasteiger partial charge is 0.151 e. The summed E-state index contributed by atoms with van der Waals surface area (Å²) in [5.74, 6) is 1.08. The smallest absolute Gasteiger partial charge is 0.0531 e. The maximum absolute atomic E-state index is 2.25. The van der Waals surface area contributed by atoms with E-state index in [1.165, 1.54) is 19.3 Å². The maximum Gasteiger partial charge on any atom is 0.0531 e. The van der Waals surface area contributed by atoms with Crippen molar-refractivity contribution in [1.82, 2.24) is 0 Å². The predicted molar refractivity (Wildman–Crippen MR) is 46.0 cm³/mol. The number of thioether (sulfide) groups is 2. The van der Waals surface area contributed by atoms with Gasteiger partial charge >= 0.3 is 0 Å². The minimum atomic E-state index is 0.962. The molecule has 0 aromatic heterocycles. The Bertz CT molecular complexity index is 113. The number of hydrogen-bond donors (Lipinski definition) is 0. The molecule has 52 valence electrons. The molecule has 0 N–H and O–H groups in total. The van der Waals surface area contributed by atoms with Crippen LogP contribution in [0.15, 0.2) is 0 Å². The zero-order valence-electron chi connectivity index (χ0n) is 5.67. The molecule has 2 bridgehead atoms.